The molecule has 1 amide bonds. The Hall–Kier alpha value is -1.18. The number of halogens is 2. The lowest BCUT2D eigenvalue weighted by atomic mass is 10.1. The van der Waals surface area contributed by atoms with E-state index in [4.69, 9.17) is 4.74 Å². The first kappa shape index (κ1) is 18.2. The van der Waals surface area contributed by atoms with Gasteiger partial charge in [-0.15, -0.1) is 11.3 Å². The number of aryl methyl sites for hydroxylation is 2. The third-order valence-corrected chi connectivity index (χ3v) is 5.24. The smallest absolute Gasteiger partial charge is 0.277 e. The molecular formula is C16H16Br2N2O2S. The molecule has 4 nitrogen and oxygen atoms in total. The Bertz CT molecular complexity index is 733. The van der Waals surface area contributed by atoms with Crippen molar-refractivity contribution in [2.24, 2.45) is 5.10 Å². The molecule has 122 valence electrons. The van der Waals surface area contributed by atoms with E-state index in [2.05, 4.69) is 42.4 Å². The van der Waals surface area contributed by atoms with Crippen LogP contribution in [0.25, 0.3) is 0 Å². The molecule has 0 saturated heterocycles. The molecular weight excluding hydrogens is 444 g/mol. The van der Waals surface area contributed by atoms with E-state index in [0.717, 1.165) is 35.7 Å². The van der Waals surface area contributed by atoms with E-state index in [1.165, 1.54) is 0 Å². The molecule has 0 atom stereocenters. The van der Waals surface area contributed by atoms with E-state index in [0.29, 0.717) is 0 Å². The standard InChI is InChI=1S/C16H16Br2N2O2S/c1-9-6-12(17)7-10(2)16(9)22-8-15(21)20-19-11(3)13-4-5-14(18)23-13/h4-7H,8H2,1-3H3,(H,20,21)/b19-11-. The molecule has 1 heterocycles. The van der Waals surface area contributed by atoms with Crippen LogP contribution in [0.15, 0.2) is 37.6 Å². The molecule has 0 aliphatic rings. The minimum atomic E-state index is -0.290. The van der Waals surface area contributed by atoms with Crippen LogP contribution >= 0.6 is 43.2 Å². The predicted molar refractivity (Wildman–Crippen MR) is 101 cm³/mol. The van der Waals surface area contributed by atoms with Gasteiger partial charge in [0.1, 0.15) is 5.75 Å². The average Bonchev–Trinajstić information content (AvgIpc) is 2.90. The minimum absolute atomic E-state index is 0.0752. The van der Waals surface area contributed by atoms with E-state index in [9.17, 15) is 4.79 Å². The third kappa shape index (κ3) is 5.16. The van der Waals surface area contributed by atoms with E-state index < -0.39 is 0 Å². The lowest BCUT2D eigenvalue weighted by molar-refractivity contribution is -0.123. The second kappa shape index (κ2) is 8.08. The van der Waals surface area contributed by atoms with Crippen molar-refractivity contribution in [1.29, 1.82) is 0 Å². The zero-order valence-electron chi connectivity index (χ0n) is 12.9. The molecule has 0 radical (unpaired) electrons. The molecule has 2 rings (SSSR count). The number of nitrogens with zero attached hydrogens (tertiary/aromatic N) is 1. The van der Waals surface area contributed by atoms with Gasteiger partial charge in [0.15, 0.2) is 6.61 Å². The van der Waals surface area contributed by atoms with Crippen molar-refractivity contribution in [3.63, 3.8) is 0 Å². The third-order valence-electron chi connectivity index (χ3n) is 3.05. The Kier molecular flexibility index (Phi) is 6.38. The van der Waals surface area contributed by atoms with Crippen LogP contribution in [-0.4, -0.2) is 18.2 Å². The summed E-state index contributed by atoms with van der Waals surface area (Å²) in [6.07, 6.45) is 0. The quantitative estimate of drug-likeness (QED) is 0.515. The van der Waals surface area contributed by atoms with Gasteiger partial charge in [-0.25, -0.2) is 5.43 Å². The van der Waals surface area contributed by atoms with E-state index in [-0.39, 0.29) is 12.5 Å². The van der Waals surface area contributed by atoms with E-state index in [1.807, 2.05) is 45.0 Å². The fourth-order valence-corrected chi connectivity index (χ4v) is 4.02. The minimum Gasteiger partial charge on any atom is -0.483 e. The van der Waals surface area contributed by atoms with Gasteiger partial charge in [-0.2, -0.15) is 5.10 Å². The van der Waals surface area contributed by atoms with Crippen LogP contribution in [-0.2, 0) is 4.79 Å². The first-order valence-electron chi connectivity index (χ1n) is 6.85. The molecule has 1 aromatic heterocycles. The van der Waals surface area contributed by atoms with E-state index in [1.54, 1.807) is 11.3 Å². The Balaban J connectivity index is 1.93. The fraction of sp³-hybridized carbons (Fsp3) is 0.250. The Morgan fingerprint density at radius 2 is 1.91 bits per heavy atom. The summed E-state index contributed by atoms with van der Waals surface area (Å²) >= 11 is 8.40. The van der Waals surface area contributed by atoms with Crippen LogP contribution in [0.4, 0.5) is 0 Å². The maximum atomic E-state index is 11.9. The summed E-state index contributed by atoms with van der Waals surface area (Å²) < 4.78 is 7.64. The van der Waals surface area contributed by atoms with Crippen molar-refractivity contribution in [2.45, 2.75) is 20.8 Å². The second-order valence-electron chi connectivity index (χ2n) is 4.99. The van der Waals surface area contributed by atoms with Gasteiger partial charge < -0.3 is 4.74 Å². The Labute approximate surface area is 156 Å². The summed E-state index contributed by atoms with van der Waals surface area (Å²) in [4.78, 5) is 12.9. The van der Waals surface area contributed by atoms with Crippen molar-refractivity contribution < 1.29 is 9.53 Å². The highest BCUT2D eigenvalue weighted by Crippen LogP contribution is 2.27. The fourth-order valence-electron chi connectivity index (χ4n) is 2.01. The maximum Gasteiger partial charge on any atom is 0.277 e. The lowest BCUT2D eigenvalue weighted by Gasteiger charge is -2.12. The molecule has 0 unspecified atom stereocenters. The number of hydrogen-bond donors (Lipinski definition) is 1. The predicted octanol–water partition coefficient (Wildman–Crippen LogP) is 4.81. The highest BCUT2D eigenvalue weighted by atomic mass is 79.9. The Morgan fingerprint density at radius 3 is 2.48 bits per heavy atom. The largest absolute Gasteiger partial charge is 0.483 e. The van der Waals surface area contributed by atoms with Crippen LogP contribution in [0.1, 0.15) is 22.9 Å². The molecule has 23 heavy (non-hydrogen) atoms. The molecule has 1 aromatic carbocycles. The topological polar surface area (TPSA) is 50.7 Å². The molecule has 0 aliphatic carbocycles. The molecule has 7 heteroatoms. The van der Waals surface area contributed by atoms with Crippen LogP contribution in [0.5, 0.6) is 5.75 Å². The number of carbonyl (C=O) groups excluding carboxylic acids is 1. The lowest BCUT2D eigenvalue weighted by Crippen LogP contribution is -2.25. The van der Waals surface area contributed by atoms with Gasteiger partial charge in [0.05, 0.1) is 14.4 Å². The van der Waals surface area contributed by atoms with Gasteiger partial charge in [-0.3, -0.25) is 4.79 Å². The summed E-state index contributed by atoms with van der Waals surface area (Å²) in [5.74, 6) is 0.438. The summed E-state index contributed by atoms with van der Waals surface area (Å²) in [5, 5.41) is 4.10. The molecule has 0 spiro atoms. The van der Waals surface area contributed by atoms with Crippen molar-refractivity contribution in [2.75, 3.05) is 6.61 Å². The molecule has 2 aromatic rings. The van der Waals surface area contributed by atoms with Gasteiger partial charge in [-0.1, -0.05) is 15.9 Å². The highest BCUT2D eigenvalue weighted by molar-refractivity contribution is 9.11. The van der Waals surface area contributed by atoms with E-state index >= 15 is 0 Å². The number of carbonyl (C=O) groups is 1. The number of ether oxygens (including phenoxy) is 1. The molecule has 0 fully saturated rings. The number of benzene rings is 1. The van der Waals surface area contributed by atoms with Gasteiger partial charge in [0, 0.05) is 4.47 Å². The highest BCUT2D eigenvalue weighted by Gasteiger charge is 2.09. The summed E-state index contributed by atoms with van der Waals surface area (Å²) in [5.41, 5.74) is 5.23. The zero-order valence-corrected chi connectivity index (χ0v) is 16.9. The number of thiophene rings is 1. The molecule has 0 bridgehead atoms. The zero-order chi connectivity index (χ0) is 17.0. The van der Waals surface area contributed by atoms with Crippen molar-refractivity contribution in [1.82, 2.24) is 5.43 Å². The van der Waals surface area contributed by atoms with Crippen LogP contribution in [0.2, 0.25) is 0 Å². The molecule has 0 aliphatic heterocycles. The van der Waals surface area contributed by atoms with Crippen molar-refractivity contribution in [3.05, 3.63) is 48.5 Å². The molecule has 0 saturated carbocycles. The van der Waals surface area contributed by atoms with Crippen molar-refractivity contribution in [3.8, 4) is 5.75 Å². The monoisotopic (exact) mass is 458 g/mol. The van der Waals surface area contributed by atoms with Crippen LogP contribution < -0.4 is 10.2 Å². The van der Waals surface area contributed by atoms with Gasteiger partial charge >= 0.3 is 0 Å². The number of hydrogen-bond acceptors (Lipinski definition) is 4. The first-order chi connectivity index (χ1) is 10.9. The molecule has 1 N–H and O–H groups in total. The number of amides is 1. The summed E-state index contributed by atoms with van der Waals surface area (Å²) in [6, 6.07) is 7.81. The number of hydrazone groups is 1. The van der Waals surface area contributed by atoms with Crippen LogP contribution in [0.3, 0.4) is 0 Å². The maximum absolute atomic E-state index is 11.9. The van der Waals surface area contributed by atoms with Gasteiger partial charge in [0.25, 0.3) is 5.91 Å². The second-order valence-corrected chi connectivity index (χ2v) is 8.37. The number of rotatable bonds is 5. The van der Waals surface area contributed by atoms with Gasteiger partial charge in [-0.05, 0) is 72.1 Å². The summed E-state index contributed by atoms with van der Waals surface area (Å²) in [6.45, 7) is 5.67. The van der Waals surface area contributed by atoms with Gasteiger partial charge in [0.2, 0.25) is 0 Å². The normalized spacial score (nSPS) is 11.4. The number of nitrogens with one attached hydrogen (secondary N) is 1. The first-order valence-corrected chi connectivity index (χ1v) is 9.25. The average molecular weight is 460 g/mol. The SMILES string of the molecule is C/C(=N/NC(=O)COc1c(C)cc(Br)cc1C)c1ccc(Br)s1. The van der Waals surface area contributed by atoms with Crippen LogP contribution in [0, 0.1) is 13.8 Å². The summed E-state index contributed by atoms with van der Waals surface area (Å²) in [7, 11) is 0. The Morgan fingerprint density at radius 1 is 1.26 bits per heavy atom. The van der Waals surface area contributed by atoms with Crippen molar-refractivity contribution >= 4 is 54.8 Å².